The number of nitrogens with one attached hydrogen (secondary N) is 2. The van der Waals surface area contributed by atoms with E-state index in [1.807, 2.05) is 0 Å². The van der Waals surface area contributed by atoms with Crippen molar-refractivity contribution >= 4 is 32.8 Å². The second-order valence-electron chi connectivity index (χ2n) is 10.1. The Balaban J connectivity index is 1.09. The average Bonchev–Trinajstić information content (AvgIpc) is 2.92. The predicted molar refractivity (Wildman–Crippen MR) is 150 cm³/mol. The Labute approximate surface area is 230 Å². The van der Waals surface area contributed by atoms with Crippen LogP contribution in [0.15, 0.2) is 56.1 Å². The lowest BCUT2D eigenvalue weighted by Crippen LogP contribution is -2.44. The van der Waals surface area contributed by atoms with Crippen LogP contribution in [0.4, 0.5) is 0 Å². The molecule has 0 bridgehead atoms. The van der Waals surface area contributed by atoms with Crippen molar-refractivity contribution in [2.45, 2.75) is 50.8 Å². The highest BCUT2D eigenvalue weighted by Crippen LogP contribution is 2.29. The van der Waals surface area contributed by atoms with Gasteiger partial charge in [0.05, 0.1) is 23.4 Å². The van der Waals surface area contributed by atoms with Crippen LogP contribution >= 0.6 is 15.9 Å². The summed E-state index contributed by atoms with van der Waals surface area (Å²) >= 11 is 3.69. The number of fused-ring (bicyclic) bond motifs is 1. The van der Waals surface area contributed by atoms with Gasteiger partial charge in [0, 0.05) is 31.7 Å². The van der Waals surface area contributed by atoms with E-state index in [1.165, 1.54) is 11.6 Å². The van der Waals surface area contributed by atoms with Crippen LogP contribution in [0.3, 0.4) is 0 Å². The largest absolute Gasteiger partial charge is 0.497 e. The Morgan fingerprint density at radius 1 is 1.11 bits per heavy atom. The van der Waals surface area contributed by atoms with E-state index in [9.17, 15) is 9.59 Å². The fraction of sp³-hybridized carbons (Fsp3) is 0.448. The number of methoxy groups -OCH3 is 1. The van der Waals surface area contributed by atoms with Crippen LogP contribution in [-0.4, -0.2) is 56.2 Å². The van der Waals surface area contributed by atoms with Crippen molar-refractivity contribution in [3.63, 3.8) is 0 Å². The highest BCUT2D eigenvalue weighted by atomic mass is 79.9. The Bertz CT molecular complexity index is 1330. The highest BCUT2D eigenvalue weighted by molar-refractivity contribution is 9.10. The van der Waals surface area contributed by atoms with Crippen molar-refractivity contribution in [2.75, 3.05) is 33.3 Å². The summed E-state index contributed by atoms with van der Waals surface area (Å²) in [5.74, 6) is 1.73. The molecule has 1 aromatic heterocycles. The van der Waals surface area contributed by atoms with Gasteiger partial charge in [-0.15, -0.1) is 0 Å². The van der Waals surface area contributed by atoms with E-state index in [1.54, 1.807) is 25.3 Å². The minimum atomic E-state index is -0.182. The van der Waals surface area contributed by atoms with Gasteiger partial charge >= 0.3 is 0 Å². The number of piperidine rings is 2. The molecule has 202 valence electrons. The third-order valence-electron chi connectivity index (χ3n) is 7.26. The third kappa shape index (κ3) is 6.76. The zero-order valence-corrected chi connectivity index (χ0v) is 23.2. The molecule has 0 atom stereocenters. The van der Waals surface area contributed by atoms with Crippen LogP contribution in [0.1, 0.15) is 37.0 Å². The third-order valence-corrected chi connectivity index (χ3v) is 7.87. The second kappa shape index (κ2) is 12.3. The molecule has 3 heterocycles. The van der Waals surface area contributed by atoms with Crippen molar-refractivity contribution in [1.82, 2.24) is 15.5 Å². The molecule has 5 rings (SSSR count). The minimum absolute atomic E-state index is 0.0389. The van der Waals surface area contributed by atoms with Crippen LogP contribution in [-0.2, 0) is 17.8 Å². The number of hydrogen-bond donors (Lipinski definition) is 2. The summed E-state index contributed by atoms with van der Waals surface area (Å²) in [7, 11) is 1.55. The van der Waals surface area contributed by atoms with Gasteiger partial charge in [-0.2, -0.15) is 0 Å². The molecule has 0 radical (unpaired) electrons. The fourth-order valence-electron chi connectivity index (χ4n) is 5.16. The molecule has 38 heavy (non-hydrogen) atoms. The maximum absolute atomic E-state index is 12.7. The van der Waals surface area contributed by atoms with E-state index in [0.29, 0.717) is 22.5 Å². The number of carbonyl (C=O) groups excluding carboxylic acids is 1. The first kappa shape index (κ1) is 26.7. The van der Waals surface area contributed by atoms with Gasteiger partial charge in [-0.25, -0.2) is 0 Å². The summed E-state index contributed by atoms with van der Waals surface area (Å²) < 4.78 is 18.2. The van der Waals surface area contributed by atoms with Gasteiger partial charge in [0.25, 0.3) is 0 Å². The van der Waals surface area contributed by atoms with Crippen LogP contribution in [0, 0.1) is 0 Å². The lowest BCUT2D eigenvalue weighted by Gasteiger charge is -2.32. The minimum Gasteiger partial charge on any atom is -0.497 e. The highest BCUT2D eigenvalue weighted by Gasteiger charge is 2.22. The zero-order chi connectivity index (χ0) is 26.5. The van der Waals surface area contributed by atoms with E-state index in [0.717, 1.165) is 68.6 Å². The van der Waals surface area contributed by atoms with E-state index >= 15 is 0 Å². The molecule has 8 nitrogen and oxygen atoms in total. The van der Waals surface area contributed by atoms with Crippen LogP contribution in [0.2, 0.25) is 0 Å². The normalized spacial score (nSPS) is 17.4. The summed E-state index contributed by atoms with van der Waals surface area (Å²) in [5, 5.41) is 6.92. The van der Waals surface area contributed by atoms with Crippen molar-refractivity contribution < 1.29 is 18.7 Å². The van der Waals surface area contributed by atoms with Crippen molar-refractivity contribution in [3.8, 4) is 11.5 Å². The Morgan fingerprint density at radius 3 is 2.63 bits per heavy atom. The topological polar surface area (TPSA) is 93.0 Å². The van der Waals surface area contributed by atoms with E-state index in [-0.39, 0.29) is 29.9 Å². The second-order valence-corrected chi connectivity index (χ2v) is 10.9. The molecule has 2 saturated heterocycles. The smallest absolute Gasteiger partial charge is 0.227 e. The number of likely N-dealkylation sites (tertiary alicyclic amines) is 1. The van der Waals surface area contributed by atoms with Gasteiger partial charge in [0.15, 0.2) is 5.43 Å². The van der Waals surface area contributed by atoms with Crippen molar-refractivity contribution in [3.05, 3.63) is 68.5 Å². The van der Waals surface area contributed by atoms with Gasteiger partial charge in [-0.05, 0) is 90.6 Å². The number of carbonyl (C=O) groups is 1. The quantitative estimate of drug-likeness (QED) is 0.413. The first-order valence-electron chi connectivity index (χ1n) is 13.2. The molecule has 1 amide bonds. The Hall–Kier alpha value is -2.88. The zero-order valence-electron chi connectivity index (χ0n) is 21.6. The molecule has 2 aliphatic rings. The maximum Gasteiger partial charge on any atom is 0.227 e. The Kier molecular flexibility index (Phi) is 8.66. The van der Waals surface area contributed by atoms with E-state index in [4.69, 9.17) is 13.9 Å². The van der Waals surface area contributed by atoms with Crippen LogP contribution in [0.5, 0.6) is 11.5 Å². The number of rotatable bonds is 8. The van der Waals surface area contributed by atoms with Gasteiger partial charge < -0.3 is 24.5 Å². The summed E-state index contributed by atoms with van der Waals surface area (Å²) in [6, 6.07) is 12.9. The number of benzene rings is 2. The fourth-order valence-corrected chi connectivity index (χ4v) is 5.68. The molecular formula is C29H34BrN3O5. The molecule has 2 N–H and O–H groups in total. The molecule has 0 spiro atoms. The summed E-state index contributed by atoms with van der Waals surface area (Å²) in [4.78, 5) is 27.6. The average molecular weight is 585 g/mol. The molecule has 0 saturated carbocycles. The standard InChI is InChI=1S/C29H34BrN3O5/c1-36-22-3-5-27-24(15-22)26(34)16-23(38-27)17-29(35)32-20-8-12-33(13-9-20)18-19-2-4-28(25(30)14-19)37-21-6-10-31-11-7-21/h2-5,14-16,20-21,31H,6-13,17-18H2,1H3,(H,32,35). The monoisotopic (exact) mass is 583 g/mol. The van der Waals surface area contributed by atoms with E-state index < -0.39 is 0 Å². The van der Waals surface area contributed by atoms with Crippen molar-refractivity contribution in [1.29, 1.82) is 0 Å². The first-order valence-corrected chi connectivity index (χ1v) is 14.0. The van der Waals surface area contributed by atoms with Crippen LogP contribution < -0.4 is 25.5 Å². The molecule has 0 aliphatic carbocycles. The van der Waals surface area contributed by atoms with Gasteiger partial charge in [0.1, 0.15) is 28.9 Å². The molecule has 2 aliphatic heterocycles. The Morgan fingerprint density at radius 2 is 1.89 bits per heavy atom. The number of halogens is 1. The lowest BCUT2D eigenvalue weighted by atomic mass is 10.0. The summed E-state index contributed by atoms with van der Waals surface area (Å²) in [6.45, 7) is 4.69. The van der Waals surface area contributed by atoms with Gasteiger partial charge in [-0.1, -0.05) is 6.07 Å². The van der Waals surface area contributed by atoms with Crippen LogP contribution in [0.25, 0.3) is 11.0 Å². The predicted octanol–water partition coefficient (Wildman–Crippen LogP) is 4.02. The van der Waals surface area contributed by atoms with Gasteiger partial charge in [0.2, 0.25) is 5.91 Å². The van der Waals surface area contributed by atoms with E-state index in [2.05, 4.69) is 49.7 Å². The summed E-state index contributed by atoms with van der Waals surface area (Å²) in [6.07, 6.45) is 4.14. The number of hydrogen-bond acceptors (Lipinski definition) is 7. The molecular weight excluding hydrogens is 550 g/mol. The molecule has 2 aromatic carbocycles. The van der Waals surface area contributed by atoms with Crippen molar-refractivity contribution in [2.24, 2.45) is 0 Å². The molecule has 0 unspecified atom stereocenters. The maximum atomic E-state index is 12.7. The number of amides is 1. The lowest BCUT2D eigenvalue weighted by molar-refractivity contribution is -0.121. The first-order chi connectivity index (χ1) is 18.5. The summed E-state index contributed by atoms with van der Waals surface area (Å²) in [5.41, 5.74) is 1.51. The molecule has 2 fully saturated rings. The molecule has 3 aromatic rings. The van der Waals surface area contributed by atoms with Gasteiger partial charge in [-0.3, -0.25) is 14.5 Å². The SMILES string of the molecule is COc1ccc2oc(CC(=O)NC3CCN(Cc4ccc(OC5CCNCC5)c(Br)c4)CC3)cc(=O)c2c1. The number of nitrogens with zero attached hydrogens (tertiary/aromatic N) is 1. The molecule has 9 heteroatoms. The number of ether oxygens (including phenoxy) is 2.